The van der Waals surface area contributed by atoms with Crippen molar-refractivity contribution in [2.75, 3.05) is 31.1 Å². The molecular formula is C28H35N3O2. The fraction of sp³-hybridized carbons (Fsp3) is 0.429. The number of phenolic OH excluding ortho intramolecular Hbond substituents is 1. The number of carbonyl (C=O) groups is 1. The molecular weight excluding hydrogens is 410 g/mol. The smallest absolute Gasteiger partial charge is 0.264 e. The van der Waals surface area contributed by atoms with Gasteiger partial charge in [-0.3, -0.25) is 4.79 Å². The van der Waals surface area contributed by atoms with E-state index in [1.54, 1.807) is 11.0 Å². The van der Waals surface area contributed by atoms with Gasteiger partial charge < -0.3 is 14.9 Å². The minimum atomic E-state index is -0.279. The number of anilines is 1. The van der Waals surface area contributed by atoms with Crippen LogP contribution in [0.1, 0.15) is 58.2 Å². The summed E-state index contributed by atoms with van der Waals surface area (Å²) in [7, 11) is 0. The van der Waals surface area contributed by atoms with Gasteiger partial charge in [-0.05, 0) is 46.7 Å². The lowest BCUT2D eigenvalue weighted by atomic mass is 9.78. The van der Waals surface area contributed by atoms with Gasteiger partial charge in [0.2, 0.25) is 0 Å². The molecule has 0 bridgehead atoms. The molecule has 0 saturated carbocycles. The van der Waals surface area contributed by atoms with Gasteiger partial charge in [0.05, 0.1) is 0 Å². The van der Waals surface area contributed by atoms with Crippen molar-refractivity contribution in [2.24, 2.45) is 0 Å². The molecule has 1 aliphatic heterocycles. The average Bonchev–Trinajstić information content (AvgIpc) is 2.77. The Morgan fingerprint density at radius 3 is 1.91 bits per heavy atom. The highest BCUT2D eigenvalue weighted by Crippen LogP contribution is 2.40. The average molecular weight is 446 g/mol. The molecule has 3 rings (SSSR count). The number of rotatable bonds is 3. The summed E-state index contributed by atoms with van der Waals surface area (Å²) in [4.78, 5) is 17.2. The maximum Gasteiger partial charge on any atom is 0.264 e. The minimum absolute atomic E-state index is 0.119. The van der Waals surface area contributed by atoms with Crippen molar-refractivity contribution in [1.82, 2.24) is 4.90 Å². The summed E-state index contributed by atoms with van der Waals surface area (Å²) in [6.07, 6.45) is 1.66. The molecule has 2 aromatic rings. The highest BCUT2D eigenvalue weighted by Gasteiger charge is 2.27. The summed E-state index contributed by atoms with van der Waals surface area (Å²) in [6.45, 7) is 14.9. The van der Waals surface area contributed by atoms with Crippen molar-refractivity contribution < 1.29 is 9.90 Å². The van der Waals surface area contributed by atoms with E-state index in [9.17, 15) is 15.2 Å². The Labute approximate surface area is 198 Å². The van der Waals surface area contributed by atoms with Gasteiger partial charge in [0.1, 0.15) is 17.4 Å². The number of phenols is 1. The SMILES string of the molecule is CC(C)(C)c1cc(/C=C(/C#N)C(=O)N2CCN(c3ccccc3)CC2)cc(C(C)(C)C)c1O. The molecule has 1 N–H and O–H groups in total. The first-order valence-corrected chi connectivity index (χ1v) is 11.5. The molecule has 0 spiro atoms. The quantitative estimate of drug-likeness (QED) is 0.518. The van der Waals surface area contributed by atoms with E-state index in [1.807, 2.05) is 71.9 Å². The summed E-state index contributed by atoms with van der Waals surface area (Å²) < 4.78 is 0. The zero-order valence-electron chi connectivity index (χ0n) is 20.6. The van der Waals surface area contributed by atoms with Gasteiger partial charge in [-0.2, -0.15) is 5.26 Å². The molecule has 174 valence electrons. The van der Waals surface area contributed by atoms with Crippen LogP contribution in [0.3, 0.4) is 0 Å². The van der Waals surface area contributed by atoms with Crippen LogP contribution in [0.2, 0.25) is 0 Å². The molecule has 5 nitrogen and oxygen atoms in total. The lowest BCUT2D eigenvalue weighted by Gasteiger charge is -2.36. The number of benzene rings is 2. The number of aromatic hydroxyl groups is 1. The highest BCUT2D eigenvalue weighted by molar-refractivity contribution is 6.01. The van der Waals surface area contributed by atoms with Gasteiger partial charge in [-0.1, -0.05) is 59.7 Å². The van der Waals surface area contributed by atoms with Crippen molar-refractivity contribution in [1.29, 1.82) is 5.26 Å². The van der Waals surface area contributed by atoms with E-state index in [4.69, 9.17) is 0 Å². The number of carbonyl (C=O) groups excluding carboxylic acids is 1. The summed E-state index contributed by atoms with van der Waals surface area (Å²) in [5, 5.41) is 20.7. The van der Waals surface area contributed by atoms with Gasteiger partial charge >= 0.3 is 0 Å². The fourth-order valence-electron chi connectivity index (χ4n) is 4.17. The summed E-state index contributed by atoms with van der Waals surface area (Å²) in [5.74, 6) is 0.0434. The Kier molecular flexibility index (Phi) is 6.88. The standard InChI is InChI=1S/C28H35N3O2/c1-27(2,3)23-17-20(18-24(25(23)32)28(4,5)6)16-21(19-29)26(33)31-14-12-30(13-15-31)22-10-8-7-9-11-22/h7-11,16-18,32H,12-15H2,1-6H3/b21-16-. The number of nitrogens with zero attached hydrogens (tertiary/aromatic N) is 3. The van der Waals surface area contributed by atoms with Crippen LogP contribution in [0.25, 0.3) is 6.08 Å². The molecule has 0 aromatic heterocycles. The Hall–Kier alpha value is -3.26. The second-order valence-electron chi connectivity index (χ2n) is 10.7. The second kappa shape index (κ2) is 9.31. The van der Waals surface area contributed by atoms with E-state index in [0.717, 1.165) is 35.5 Å². The Balaban J connectivity index is 1.87. The van der Waals surface area contributed by atoms with Gasteiger partial charge in [-0.15, -0.1) is 0 Å². The second-order valence-corrected chi connectivity index (χ2v) is 10.7. The molecule has 0 radical (unpaired) electrons. The van der Waals surface area contributed by atoms with E-state index >= 15 is 0 Å². The van der Waals surface area contributed by atoms with Crippen molar-refractivity contribution in [3.05, 3.63) is 64.7 Å². The largest absolute Gasteiger partial charge is 0.507 e. The molecule has 1 heterocycles. The first-order chi connectivity index (χ1) is 15.4. The van der Waals surface area contributed by atoms with Crippen LogP contribution in [-0.2, 0) is 15.6 Å². The maximum atomic E-state index is 13.2. The van der Waals surface area contributed by atoms with E-state index < -0.39 is 0 Å². The molecule has 2 aromatic carbocycles. The summed E-state index contributed by atoms with van der Waals surface area (Å²) >= 11 is 0. The van der Waals surface area contributed by atoms with E-state index in [-0.39, 0.29) is 28.1 Å². The molecule has 1 fully saturated rings. The Morgan fingerprint density at radius 2 is 1.45 bits per heavy atom. The molecule has 33 heavy (non-hydrogen) atoms. The third kappa shape index (κ3) is 5.57. The van der Waals surface area contributed by atoms with Crippen LogP contribution in [0.15, 0.2) is 48.0 Å². The lowest BCUT2D eigenvalue weighted by molar-refractivity contribution is -0.126. The van der Waals surface area contributed by atoms with Crippen LogP contribution in [-0.4, -0.2) is 42.1 Å². The van der Waals surface area contributed by atoms with E-state index in [1.165, 1.54) is 0 Å². The number of hydrogen-bond acceptors (Lipinski definition) is 4. The Bertz CT molecular complexity index is 1040. The number of hydrogen-bond donors (Lipinski definition) is 1. The number of piperazine rings is 1. The normalized spacial score (nSPS) is 15.4. The first kappa shape index (κ1) is 24.4. The van der Waals surface area contributed by atoms with Crippen LogP contribution in [0, 0.1) is 11.3 Å². The summed E-state index contributed by atoms with van der Waals surface area (Å²) in [5.41, 5.74) is 3.08. The number of para-hydroxylation sites is 1. The molecule has 0 unspecified atom stereocenters. The molecule has 1 saturated heterocycles. The highest BCUT2D eigenvalue weighted by atomic mass is 16.3. The van der Waals surface area contributed by atoms with Crippen LogP contribution in [0.5, 0.6) is 5.75 Å². The number of nitriles is 1. The third-order valence-corrected chi connectivity index (χ3v) is 6.10. The maximum absolute atomic E-state index is 13.2. The van der Waals surface area contributed by atoms with Gasteiger partial charge in [-0.25, -0.2) is 0 Å². The van der Waals surface area contributed by atoms with Gasteiger partial charge in [0.25, 0.3) is 5.91 Å². The lowest BCUT2D eigenvalue weighted by Crippen LogP contribution is -2.49. The van der Waals surface area contributed by atoms with Crippen molar-refractivity contribution in [3.8, 4) is 11.8 Å². The van der Waals surface area contributed by atoms with Gasteiger partial charge in [0.15, 0.2) is 0 Å². The first-order valence-electron chi connectivity index (χ1n) is 11.5. The Morgan fingerprint density at radius 1 is 0.939 bits per heavy atom. The molecule has 0 atom stereocenters. The minimum Gasteiger partial charge on any atom is -0.507 e. The fourth-order valence-corrected chi connectivity index (χ4v) is 4.17. The predicted molar refractivity (Wildman–Crippen MR) is 134 cm³/mol. The van der Waals surface area contributed by atoms with E-state index in [0.29, 0.717) is 13.1 Å². The predicted octanol–water partition coefficient (Wildman–Crippen LogP) is 5.24. The van der Waals surface area contributed by atoms with Crippen molar-refractivity contribution in [3.63, 3.8) is 0 Å². The molecule has 1 amide bonds. The van der Waals surface area contributed by atoms with Crippen LogP contribution >= 0.6 is 0 Å². The molecule has 1 aliphatic rings. The van der Waals surface area contributed by atoms with Crippen molar-refractivity contribution in [2.45, 2.75) is 52.4 Å². The van der Waals surface area contributed by atoms with E-state index in [2.05, 4.69) is 23.1 Å². The van der Waals surface area contributed by atoms with Gasteiger partial charge in [0, 0.05) is 43.0 Å². The third-order valence-electron chi connectivity index (χ3n) is 6.10. The van der Waals surface area contributed by atoms with Crippen LogP contribution in [0.4, 0.5) is 5.69 Å². The topological polar surface area (TPSA) is 67.6 Å². The van der Waals surface area contributed by atoms with Crippen LogP contribution < -0.4 is 4.90 Å². The molecule has 0 aliphatic carbocycles. The zero-order valence-corrected chi connectivity index (χ0v) is 20.6. The number of amides is 1. The zero-order chi connectivity index (χ0) is 24.4. The molecule has 5 heteroatoms. The monoisotopic (exact) mass is 445 g/mol. The van der Waals surface area contributed by atoms with Crippen molar-refractivity contribution >= 4 is 17.7 Å². The summed E-state index contributed by atoms with van der Waals surface area (Å²) in [6, 6.07) is 16.1.